The molecule has 3 atom stereocenters. The van der Waals surface area contributed by atoms with E-state index in [0.717, 1.165) is 0 Å². The largest absolute Gasteiger partial charge is 0.497 e. The highest BCUT2D eigenvalue weighted by atomic mass is 16.5. The Balaban J connectivity index is 2.70. The Labute approximate surface area is 228 Å². The number of amides is 6. The van der Waals surface area contributed by atoms with Crippen LogP contribution in [0.2, 0.25) is 0 Å². The van der Waals surface area contributed by atoms with Crippen LogP contribution in [0.1, 0.15) is 47.5 Å². The molecule has 6 N–H and O–H groups in total. The minimum Gasteiger partial charge on any atom is -0.497 e. The first-order chi connectivity index (χ1) is 18.2. The number of likely N-dealkylation sites (tertiary alicyclic amines) is 1. The van der Waals surface area contributed by atoms with E-state index in [9.17, 15) is 28.8 Å². The van der Waals surface area contributed by atoms with Gasteiger partial charge in [-0.25, -0.2) is 4.79 Å². The van der Waals surface area contributed by atoms with E-state index in [2.05, 4.69) is 33.2 Å². The highest BCUT2D eigenvalue weighted by Crippen LogP contribution is 2.20. The van der Waals surface area contributed by atoms with Gasteiger partial charge in [0, 0.05) is 6.54 Å². The molecule has 1 saturated heterocycles. The molecule has 1 rings (SSSR count). The van der Waals surface area contributed by atoms with E-state index in [4.69, 9.17) is 9.84 Å². The fourth-order valence-electron chi connectivity index (χ4n) is 3.89. The Kier molecular flexibility index (Phi) is 13.8. The predicted octanol–water partition coefficient (Wildman–Crippen LogP) is -0.691. The maximum Gasteiger partial charge on any atom is 0.322 e. The molecule has 6 amide bonds. The second-order valence-corrected chi connectivity index (χ2v) is 9.98. The molecule has 39 heavy (non-hydrogen) atoms. The molecule has 0 aromatic rings. The van der Waals surface area contributed by atoms with Crippen molar-refractivity contribution in [2.24, 2.45) is 11.8 Å². The van der Waals surface area contributed by atoms with Gasteiger partial charge in [0.05, 0.1) is 18.8 Å². The average molecular weight is 555 g/mol. The molecule has 1 heterocycles. The molecule has 1 fully saturated rings. The van der Waals surface area contributed by atoms with Crippen molar-refractivity contribution in [1.82, 2.24) is 31.5 Å². The maximum absolute atomic E-state index is 13.3. The lowest BCUT2D eigenvalue weighted by Crippen LogP contribution is -2.57. The lowest BCUT2D eigenvalue weighted by molar-refractivity contribution is -0.141. The zero-order valence-electron chi connectivity index (χ0n) is 23.3. The highest BCUT2D eigenvalue weighted by molar-refractivity contribution is 5.95. The van der Waals surface area contributed by atoms with E-state index in [1.54, 1.807) is 34.6 Å². The molecule has 0 aliphatic carbocycles. The molecular weight excluding hydrogens is 512 g/mol. The number of nitrogens with one attached hydrogen (secondary N) is 5. The van der Waals surface area contributed by atoms with Gasteiger partial charge in [-0.2, -0.15) is 0 Å². The molecule has 1 aliphatic heterocycles. The number of hydrogen-bond donors (Lipinski definition) is 6. The highest BCUT2D eigenvalue weighted by Gasteiger charge is 2.38. The number of nitrogens with zero attached hydrogens (tertiary/aromatic N) is 1. The zero-order chi connectivity index (χ0) is 29.7. The number of rotatable bonds is 15. The van der Waals surface area contributed by atoms with Gasteiger partial charge in [0.2, 0.25) is 23.6 Å². The Morgan fingerprint density at radius 3 is 2.15 bits per heavy atom. The Morgan fingerprint density at radius 1 is 0.949 bits per heavy atom. The summed E-state index contributed by atoms with van der Waals surface area (Å²) in [6, 6.07) is -3.23. The number of carboxylic acid groups (broad SMARTS) is 1. The van der Waals surface area contributed by atoms with Crippen LogP contribution in [-0.2, 0) is 28.7 Å². The predicted molar refractivity (Wildman–Crippen MR) is 141 cm³/mol. The molecule has 1 aliphatic rings. The van der Waals surface area contributed by atoms with Gasteiger partial charge in [0.1, 0.15) is 31.3 Å². The lowest BCUT2D eigenvalue weighted by Gasteiger charge is -2.30. The number of carbonyl (C=O) groups is 6. The number of ether oxygens (including phenoxy) is 1. The van der Waals surface area contributed by atoms with E-state index in [0.29, 0.717) is 25.1 Å². The topological polar surface area (TPSA) is 195 Å². The van der Waals surface area contributed by atoms with Crippen LogP contribution in [-0.4, -0.2) is 96.5 Å². The van der Waals surface area contributed by atoms with Crippen molar-refractivity contribution in [2.75, 3.05) is 32.8 Å². The fraction of sp³-hybridized carbons (Fsp3) is 0.680. The number of urea groups is 1. The molecule has 0 spiro atoms. The van der Waals surface area contributed by atoms with Gasteiger partial charge in [-0.05, 0) is 31.6 Å². The third-order valence-electron chi connectivity index (χ3n) is 5.90. The molecule has 14 nitrogen and oxygen atoms in total. The summed E-state index contributed by atoms with van der Waals surface area (Å²) in [7, 11) is 0. The summed E-state index contributed by atoms with van der Waals surface area (Å²) in [5.41, 5.74) is 0. The van der Waals surface area contributed by atoms with E-state index in [1.165, 1.54) is 4.90 Å². The molecule has 0 aromatic carbocycles. The van der Waals surface area contributed by atoms with Gasteiger partial charge in [0.15, 0.2) is 0 Å². The fourth-order valence-corrected chi connectivity index (χ4v) is 3.89. The van der Waals surface area contributed by atoms with Crippen LogP contribution >= 0.6 is 0 Å². The first-order valence-corrected chi connectivity index (χ1v) is 12.9. The zero-order valence-corrected chi connectivity index (χ0v) is 23.3. The number of carboxylic acids is 1. The first kappa shape index (κ1) is 33.2. The molecule has 0 unspecified atom stereocenters. The number of allylic oxidation sites excluding steroid dienone is 1. The number of carbonyl (C=O) groups excluding carboxylic acids is 5. The third-order valence-corrected chi connectivity index (χ3v) is 5.90. The van der Waals surface area contributed by atoms with Crippen LogP contribution in [0.4, 0.5) is 4.79 Å². The third kappa shape index (κ3) is 11.6. The van der Waals surface area contributed by atoms with Gasteiger partial charge < -0.3 is 41.3 Å². The molecular formula is C25H42N6O8. The smallest absolute Gasteiger partial charge is 0.322 e. The maximum atomic E-state index is 13.3. The summed E-state index contributed by atoms with van der Waals surface area (Å²) in [6.07, 6.45) is 0.963. The Bertz CT molecular complexity index is 922. The summed E-state index contributed by atoms with van der Waals surface area (Å²) in [6.45, 7) is 12.0. The van der Waals surface area contributed by atoms with Crippen LogP contribution in [0.25, 0.3) is 0 Å². The number of aliphatic carboxylic acids is 1. The first-order valence-electron chi connectivity index (χ1n) is 12.9. The second-order valence-electron chi connectivity index (χ2n) is 9.98. The average Bonchev–Trinajstić information content (AvgIpc) is 3.34. The molecule has 14 heteroatoms. The SMILES string of the molecule is C=C(C)OCCNC(=O)N[C@H](C(=O)N1CCC[C@H]1C(=O)NCC(=O)N[C@H](C(=O)NCC(=O)O)C(C)C)C(C)C. The molecule has 0 saturated carbocycles. The Hall–Kier alpha value is -3.84. The van der Waals surface area contributed by atoms with Crippen LogP contribution in [0.15, 0.2) is 12.3 Å². The van der Waals surface area contributed by atoms with Crippen molar-refractivity contribution in [3.63, 3.8) is 0 Å². The summed E-state index contributed by atoms with van der Waals surface area (Å²) in [5.74, 6) is -3.53. The van der Waals surface area contributed by atoms with Crippen molar-refractivity contribution >= 4 is 35.6 Å². The molecule has 0 bridgehead atoms. The van der Waals surface area contributed by atoms with Crippen LogP contribution in [0, 0.1) is 11.8 Å². The minimum atomic E-state index is -1.22. The van der Waals surface area contributed by atoms with Gasteiger partial charge in [-0.15, -0.1) is 0 Å². The minimum absolute atomic E-state index is 0.216. The van der Waals surface area contributed by atoms with Gasteiger partial charge in [-0.1, -0.05) is 34.3 Å². The van der Waals surface area contributed by atoms with Gasteiger partial charge in [0.25, 0.3) is 0 Å². The normalized spacial score (nSPS) is 16.2. The molecule has 220 valence electrons. The van der Waals surface area contributed by atoms with E-state index < -0.39 is 66.8 Å². The van der Waals surface area contributed by atoms with Crippen LogP contribution in [0.5, 0.6) is 0 Å². The second kappa shape index (κ2) is 16.2. The van der Waals surface area contributed by atoms with Crippen molar-refractivity contribution < 1.29 is 38.6 Å². The van der Waals surface area contributed by atoms with Crippen LogP contribution < -0.4 is 26.6 Å². The van der Waals surface area contributed by atoms with Crippen molar-refractivity contribution in [2.45, 2.75) is 65.6 Å². The summed E-state index contributed by atoms with van der Waals surface area (Å²) in [5, 5.41) is 21.2. The summed E-state index contributed by atoms with van der Waals surface area (Å²) < 4.78 is 5.19. The molecule has 0 radical (unpaired) electrons. The van der Waals surface area contributed by atoms with E-state index in [-0.39, 0.29) is 25.0 Å². The van der Waals surface area contributed by atoms with E-state index in [1.807, 2.05) is 0 Å². The molecule has 0 aromatic heterocycles. The summed E-state index contributed by atoms with van der Waals surface area (Å²) >= 11 is 0. The monoisotopic (exact) mass is 554 g/mol. The number of hydrogen-bond acceptors (Lipinski definition) is 7. The standard InChI is InChI=1S/C25H42N6O8/c1-14(2)20(23(36)28-13-19(33)34)29-18(32)12-27-22(35)17-8-7-10-31(17)24(37)21(15(3)4)30-25(38)26-9-11-39-16(5)6/h14-15,17,20-21H,5,7-13H2,1-4,6H3,(H,27,35)(H,28,36)(H,29,32)(H,33,34)(H2,26,30,38)/t17-,20-,21-/m0/s1. The summed E-state index contributed by atoms with van der Waals surface area (Å²) in [4.78, 5) is 75.3. The van der Waals surface area contributed by atoms with Crippen molar-refractivity contribution in [1.29, 1.82) is 0 Å². The van der Waals surface area contributed by atoms with Gasteiger partial charge in [-0.3, -0.25) is 24.0 Å². The van der Waals surface area contributed by atoms with Crippen LogP contribution in [0.3, 0.4) is 0 Å². The lowest BCUT2D eigenvalue weighted by atomic mass is 10.0. The van der Waals surface area contributed by atoms with Crippen molar-refractivity contribution in [3.05, 3.63) is 12.3 Å². The quantitative estimate of drug-likeness (QED) is 0.113. The van der Waals surface area contributed by atoms with Gasteiger partial charge >= 0.3 is 12.0 Å². The van der Waals surface area contributed by atoms with E-state index >= 15 is 0 Å². The Morgan fingerprint density at radius 2 is 1.59 bits per heavy atom. The van der Waals surface area contributed by atoms with Crippen molar-refractivity contribution in [3.8, 4) is 0 Å².